The second kappa shape index (κ2) is 10.6. The Balaban J connectivity index is 1.77. The molecule has 2 aromatic carbocycles. The molecular weight excluding hydrogens is 458 g/mol. The number of ether oxygens (including phenoxy) is 1. The van der Waals surface area contributed by atoms with E-state index in [1.165, 1.54) is 18.4 Å². The van der Waals surface area contributed by atoms with Gasteiger partial charge in [0.2, 0.25) is 5.91 Å². The van der Waals surface area contributed by atoms with Gasteiger partial charge >= 0.3 is 11.9 Å². The first-order chi connectivity index (χ1) is 16.2. The maximum absolute atomic E-state index is 13.0. The number of carboxylic acids is 1. The van der Waals surface area contributed by atoms with Crippen molar-refractivity contribution in [1.82, 2.24) is 4.90 Å². The second-order valence-corrected chi connectivity index (χ2v) is 9.24. The van der Waals surface area contributed by atoms with Gasteiger partial charge < -0.3 is 14.7 Å². The fourth-order valence-electron chi connectivity index (χ4n) is 3.91. The van der Waals surface area contributed by atoms with Crippen molar-refractivity contribution in [3.8, 4) is 0 Å². The van der Waals surface area contributed by atoms with Gasteiger partial charge in [-0.25, -0.2) is 0 Å². The number of hydrogen-bond acceptors (Lipinski definition) is 7. The number of amides is 1. The summed E-state index contributed by atoms with van der Waals surface area (Å²) >= 11 is 1.03. The van der Waals surface area contributed by atoms with E-state index >= 15 is 0 Å². The van der Waals surface area contributed by atoms with E-state index in [0.717, 1.165) is 33.0 Å². The largest absolute Gasteiger partial charge is 0.481 e. The number of esters is 1. The molecule has 1 amide bonds. The molecule has 178 valence electrons. The molecule has 0 radical (unpaired) electrons. The van der Waals surface area contributed by atoms with Crippen LogP contribution in [-0.2, 0) is 35.1 Å². The SMILES string of the molecule is CCC(=O)N(C(CC(=O)O)C(=O)COC(=O)Cc1cccc2ccccc12)C1(C)SC=CC1=O. The summed E-state index contributed by atoms with van der Waals surface area (Å²) in [6.07, 6.45) is 0.460. The van der Waals surface area contributed by atoms with Gasteiger partial charge in [0, 0.05) is 6.42 Å². The van der Waals surface area contributed by atoms with Crippen molar-refractivity contribution < 1.29 is 33.8 Å². The fraction of sp³-hybridized carbons (Fsp3) is 0.320. The maximum Gasteiger partial charge on any atom is 0.310 e. The molecule has 3 rings (SSSR count). The number of thioether (sulfide) groups is 1. The van der Waals surface area contributed by atoms with E-state index in [4.69, 9.17) is 4.74 Å². The van der Waals surface area contributed by atoms with E-state index in [2.05, 4.69) is 0 Å². The lowest BCUT2D eigenvalue weighted by atomic mass is 10.0. The first kappa shape index (κ1) is 25.2. The van der Waals surface area contributed by atoms with Gasteiger partial charge in [0.05, 0.1) is 12.8 Å². The summed E-state index contributed by atoms with van der Waals surface area (Å²) in [5.41, 5.74) is 0.729. The third-order valence-electron chi connectivity index (χ3n) is 5.65. The minimum absolute atomic E-state index is 0.0340. The average Bonchev–Trinajstić information content (AvgIpc) is 3.15. The third-order valence-corrected chi connectivity index (χ3v) is 6.78. The molecule has 1 N–H and O–H groups in total. The lowest BCUT2D eigenvalue weighted by molar-refractivity contribution is -0.155. The van der Waals surface area contributed by atoms with Crippen LogP contribution < -0.4 is 0 Å². The highest BCUT2D eigenvalue weighted by molar-refractivity contribution is 8.04. The number of carboxylic acid groups (broad SMARTS) is 1. The molecule has 9 heteroatoms. The van der Waals surface area contributed by atoms with Crippen molar-refractivity contribution >= 4 is 51.9 Å². The van der Waals surface area contributed by atoms with Crippen LogP contribution in [0.25, 0.3) is 10.8 Å². The van der Waals surface area contributed by atoms with Crippen LogP contribution in [0.5, 0.6) is 0 Å². The molecule has 0 aliphatic carbocycles. The van der Waals surface area contributed by atoms with Gasteiger partial charge in [-0.15, -0.1) is 0 Å². The van der Waals surface area contributed by atoms with E-state index in [1.807, 2.05) is 36.4 Å². The number of carbonyl (C=O) groups excluding carboxylic acids is 4. The first-order valence-corrected chi connectivity index (χ1v) is 11.6. The Morgan fingerprint density at radius 1 is 1.12 bits per heavy atom. The molecule has 2 atom stereocenters. The predicted molar refractivity (Wildman–Crippen MR) is 127 cm³/mol. The summed E-state index contributed by atoms with van der Waals surface area (Å²) in [5.74, 6) is -3.71. The summed E-state index contributed by atoms with van der Waals surface area (Å²) in [6.45, 7) is 2.32. The second-order valence-electron chi connectivity index (χ2n) is 7.94. The van der Waals surface area contributed by atoms with Crippen molar-refractivity contribution in [2.24, 2.45) is 0 Å². The van der Waals surface area contributed by atoms with Crippen LogP contribution >= 0.6 is 11.8 Å². The first-order valence-electron chi connectivity index (χ1n) is 10.7. The van der Waals surface area contributed by atoms with Gasteiger partial charge in [-0.3, -0.25) is 24.0 Å². The van der Waals surface area contributed by atoms with Crippen LogP contribution in [0.1, 0.15) is 32.3 Å². The van der Waals surface area contributed by atoms with Gasteiger partial charge in [0.25, 0.3) is 0 Å². The number of rotatable bonds is 10. The quantitative estimate of drug-likeness (QED) is 0.512. The number of hydrogen-bond donors (Lipinski definition) is 1. The number of aliphatic carboxylic acids is 1. The van der Waals surface area contributed by atoms with Crippen LogP contribution in [0, 0.1) is 0 Å². The minimum Gasteiger partial charge on any atom is -0.481 e. The Hall–Kier alpha value is -3.46. The van der Waals surface area contributed by atoms with Crippen molar-refractivity contribution in [2.45, 2.75) is 44.0 Å². The molecule has 34 heavy (non-hydrogen) atoms. The molecule has 1 heterocycles. The molecule has 2 unspecified atom stereocenters. The highest BCUT2D eigenvalue weighted by Crippen LogP contribution is 2.39. The number of nitrogens with zero attached hydrogens (tertiary/aromatic N) is 1. The number of fused-ring (bicyclic) bond motifs is 1. The van der Waals surface area contributed by atoms with Gasteiger partial charge in [-0.2, -0.15) is 0 Å². The molecule has 0 spiro atoms. The molecule has 1 aliphatic rings. The monoisotopic (exact) mass is 483 g/mol. The standard InChI is InChI=1S/C25H25NO7S/c1-3-22(29)26(25(2)21(28)11-12-34-25)19(14-23(30)31)20(27)15-33-24(32)13-17-9-6-8-16-7-4-5-10-18(16)17/h4-12,19H,3,13-15H2,1-2H3,(H,30,31). The van der Waals surface area contributed by atoms with Gasteiger partial charge in [-0.1, -0.05) is 61.2 Å². The third kappa shape index (κ3) is 5.36. The van der Waals surface area contributed by atoms with Gasteiger partial charge in [0.1, 0.15) is 6.04 Å². The van der Waals surface area contributed by atoms with Gasteiger partial charge in [-0.05, 0) is 34.7 Å². The van der Waals surface area contributed by atoms with Crippen molar-refractivity contribution in [2.75, 3.05) is 6.61 Å². The van der Waals surface area contributed by atoms with Crippen molar-refractivity contribution in [1.29, 1.82) is 0 Å². The normalized spacial score (nSPS) is 18.0. The highest BCUT2D eigenvalue weighted by atomic mass is 32.2. The van der Waals surface area contributed by atoms with Crippen LogP contribution in [-0.4, -0.2) is 56.9 Å². The maximum atomic E-state index is 13.0. The Morgan fingerprint density at radius 2 is 1.82 bits per heavy atom. The number of ketones is 2. The average molecular weight is 484 g/mol. The van der Waals surface area contributed by atoms with Crippen LogP contribution in [0.2, 0.25) is 0 Å². The zero-order valence-corrected chi connectivity index (χ0v) is 19.7. The molecule has 2 aromatic rings. The lowest BCUT2D eigenvalue weighted by Crippen LogP contribution is -2.59. The van der Waals surface area contributed by atoms with E-state index in [-0.39, 0.29) is 12.8 Å². The van der Waals surface area contributed by atoms with E-state index < -0.39 is 53.4 Å². The van der Waals surface area contributed by atoms with E-state index in [1.54, 1.807) is 13.0 Å². The van der Waals surface area contributed by atoms with Crippen LogP contribution in [0.15, 0.2) is 53.9 Å². The lowest BCUT2D eigenvalue weighted by Gasteiger charge is -2.40. The molecule has 0 fully saturated rings. The zero-order valence-electron chi connectivity index (χ0n) is 18.9. The Bertz CT molecular complexity index is 1170. The number of carbonyl (C=O) groups is 5. The molecule has 1 aliphatic heterocycles. The van der Waals surface area contributed by atoms with Crippen LogP contribution in [0.4, 0.5) is 0 Å². The molecule has 0 bridgehead atoms. The minimum atomic E-state index is -1.46. The smallest absolute Gasteiger partial charge is 0.310 e. The number of benzene rings is 2. The number of Topliss-reactive ketones (excluding diaryl/α,β-unsaturated/α-hetero) is 1. The van der Waals surface area contributed by atoms with Crippen molar-refractivity contribution in [3.63, 3.8) is 0 Å². The topological polar surface area (TPSA) is 118 Å². The summed E-state index contributed by atoms with van der Waals surface area (Å²) in [4.78, 5) is 61.9. The molecule has 0 saturated carbocycles. The summed E-state index contributed by atoms with van der Waals surface area (Å²) in [5, 5.41) is 12.7. The highest BCUT2D eigenvalue weighted by Gasteiger charge is 2.48. The molecule has 8 nitrogen and oxygen atoms in total. The summed E-state index contributed by atoms with van der Waals surface area (Å²) < 4.78 is 5.18. The van der Waals surface area contributed by atoms with E-state index in [0.29, 0.717) is 0 Å². The zero-order chi connectivity index (χ0) is 24.9. The van der Waals surface area contributed by atoms with Gasteiger partial charge in [0.15, 0.2) is 23.0 Å². The Kier molecular flexibility index (Phi) is 7.88. The Labute approximate surface area is 200 Å². The van der Waals surface area contributed by atoms with Crippen molar-refractivity contribution in [3.05, 3.63) is 59.5 Å². The van der Waals surface area contributed by atoms with Crippen LogP contribution in [0.3, 0.4) is 0 Å². The molecular formula is C25H25NO7S. The fourth-order valence-corrected chi connectivity index (χ4v) is 4.89. The summed E-state index contributed by atoms with van der Waals surface area (Å²) in [6, 6.07) is 11.6. The summed E-state index contributed by atoms with van der Waals surface area (Å²) in [7, 11) is 0. The molecule has 0 aromatic heterocycles. The van der Waals surface area contributed by atoms with E-state index in [9.17, 15) is 29.1 Å². The Morgan fingerprint density at radius 3 is 2.47 bits per heavy atom. The predicted octanol–water partition coefficient (Wildman–Crippen LogP) is 3.12. The molecule has 0 saturated heterocycles.